The maximum atomic E-state index is 12.9. The SMILES string of the molecule is CC1(C(=O)c2cnccc2C(F)(F)F)COCC1N. The van der Waals surface area contributed by atoms with E-state index in [0.29, 0.717) is 0 Å². The Balaban J connectivity index is 2.46. The van der Waals surface area contributed by atoms with Crippen molar-refractivity contribution in [3.05, 3.63) is 29.6 Å². The molecule has 1 aliphatic heterocycles. The molecule has 0 aliphatic carbocycles. The van der Waals surface area contributed by atoms with Crippen LogP contribution in [0.25, 0.3) is 0 Å². The summed E-state index contributed by atoms with van der Waals surface area (Å²) in [7, 11) is 0. The van der Waals surface area contributed by atoms with Crippen molar-refractivity contribution in [3.63, 3.8) is 0 Å². The molecule has 1 aromatic heterocycles. The van der Waals surface area contributed by atoms with E-state index in [1.54, 1.807) is 0 Å². The van der Waals surface area contributed by atoms with Gasteiger partial charge in [-0.1, -0.05) is 0 Å². The molecule has 0 aromatic carbocycles. The zero-order chi connectivity index (χ0) is 14.3. The smallest absolute Gasteiger partial charge is 0.379 e. The predicted molar refractivity (Wildman–Crippen MR) is 60.5 cm³/mol. The van der Waals surface area contributed by atoms with Crippen molar-refractivity contribution in [1.82, 2.24) is 4.98 Å². The van der Waals surface area contributed by atoms with E-state index in [-0.39, 0.29) is 13.2 Å². The fraction of sp³-hybridized carbons (Fsp3) is 0.500. The van der Waals surface area contributed by atoms with Crippen LogP contribution in [0, 0.1) is 5.41 Å². The van der Waals surface area contributed by atoms with Crippen LogP contribution in [0.15, 0.2) is 18.5 Å². The van der Waals surface area contributed by atoms with Crippen molar-refractivity contribution < 1.29 is 22.7 Å². The Kier molecular flexibility index (Phi) is 3.36. The van der Waals surface area contributed by atoms with Gasteiger partial charge in [-0.3, -0.25) is 9.78 Å². The average molecular weight is 274 g/mol. The first kappa shape index (κ1) is 14.0. The van der Waals surface area contributed by atoms with Crippen LogP contribution < -0.4 is 5.73 Å². The van der Waals surface area contributed by atoms with Gasteiger partial charge in [0.25, 0.3) is 0 Å². The van der Waals surface area contributed by atoms with Crippen LogP contribution >= 0.6 is 0 Å². The zero-order valence-corrected chi connectivity index (χ0v) is 10.2. The second-order valence-corrected chi connectivity index (χ2v) is 4.79. The van der Waals surface area contributed by atoms with Gasteiger partial charge >= 0.3 is 6.18 Å². The van der Waals surface area contributed by atoms with Crippen LogP contribution in [0.2, 0.25) is 0 Å². The second-order valence-electron chi connectivity index (χ2n) is 4.79. The van der Waals surface area contributed by atoms with Crippen molar-refractivity contribution in [2.75, 3.05) is 13.2 Å². The van der Waals surface area contributed by atoms with Gasteiger partial charge in [-0.25, -0.2) is 0 Å². The Bertz CT molecular complexity index is 504. The molecule has 2 N–H and O–H groups in total. The highest BCUT2D eigenvalue weighted by molar-refractivity contribution is 6.02. The van der Waals surface area contributed by atoms with E-state index in [2.05, 4.69) is 4.98 Å². The number of alkyl halides is 3. The molecule has 4 nitrogen and oxygen atoms in total. The molecule has 0 radical (unpaired) electrons. The standard InChI is InChI=1S/C12H13F3N2O2/c1-11(6-19-5-9(11)16)10(18)7-4-17-3-2-8(7)12(13,14)15/h2-4,9H,5-6,16H2,1H3. The number of pyridine rings is 1. The molecule has 7 heteroatoms. The summed E-state index contributed by atoms with van der Waals surface area (Å²) in [6.07, 6.45) is -2.66. The fourth-order valence-corrected chi connectivity index (χ4v) is 2.05. The Labute approximate surface area is 107 Å². The number of hydrogen-bond donors (Lipinski definition) is 1. The topological polar surface area (TPSA) is 65.2 Å². The highest BCUT2D eigenvalue weighted by Crippen LogP contribution is 2.37. The molecule has 1 aromatic rings. The summed E-state index contributed by atoms with van der Waals surface area (Å²) in [5, 5.41) is 0. The van der Waals surface area contributed by atoms with E-state index in [9.17, 15) is 18.0 Å². The normalized spacial score (nSPS) is 27.5. The second kappa shape index (κ2) is 4.57. The summed E-state index contributed by atoms with van der Waals surface area (Å²) in [6.45, 7) is 1.68. The molecule has 2 atom stereocenters. The third-order valence-electron chi connectivity index (χ3n) is 3.41. The summed E-state index contributed by atoms with van der Waals surface area (Å²) >= 11 is 0. The number of carbonyl (C=O) groups is 1. The number of ether oxygens (including phenoxy) is 1. The van der Waals surface area contributed by atoms with E-state index in [0.717, 1.165) is 18.5 Å². The highest BCUT2D eigenvalue weighted by atomic mass is 19.4. The van der Waals surface area contributed by atoms with Crippen LogP contribution in [0.5, 0.6) is 0 Å². The van der Waals surface area contributed by atoms with E-state index >= 15 is 0 Å². The van der Waals surface area contributed by atoms with Gasteiger partial charge in [0.05, 0.1) is 24.2 Å². The minimum Gasteiger partial charge on any atom is -0.379 e. The molecule has 104 valence electrons. The van der Waals surface area contributed by atoms with Gasteiger partial charge in [0, 0.05) is 24.0 Å². The number of nitrogens with two attached hydrogens (primary N) is 1. The summed E-state index contributed by atoms with van der Waals surface area (Å²) < 4.78 is 43.7. The summed E-state index contributed by atoms with van der Waals surface area (Å²) in [5.41, 5.74) is 3.16. The van der Waals surface area contributed by atoms with Crippen molar-refractivity contribution in [2.24, 2.45) is 11.1 Å². The predicted octanol–water partition coefficient (Wildman–Crippen LogP) is 1.65. The van der Waals surface area contributed by atoms with Gasteiger partial charge in [-0.05, 0) is 13.0 Å². The molecule has 0 bridgehead atoms. The Morgan fingerprint density at radius 3 is 2.79 bits per heavy atom. The number of carbonyl (C=O) groups excluding carboxylic acids is 1. The molecule has 1 aliphatic rings. The van der Waals surface area contributed by atoms with Gasteiger partial charge in [0.15, 0.2) is 5.78 Å². The minimum atomic E-state index is -4.60. The lowest BCUT2D eigenvalue weighted by atomic mass is 9.78. The van der Waals surface area contributed by atoms with Crippen molar-refractivity contribution in [1.29, 1.82) is 0 Å². The molecule has 1 saturated heterocycles. The molecule has 0 amide bonds. The number of ketones is 1. The molecular weight excluding hydrogens is 261 g/mol. The fourth-order valence-electron chi connectivity index (χ4n) is 2.05. The minimum absolute atomic E-state index is 0.0131. The molecule has 2 rings (SSSR count). The number of aromatic nitrogens is 1. The number of rotatable bonds is 2. The molecule has 19 heavy (non-hydrogen) atoms. The first-order valence-corrected chi connectivity index (χ1v) is 5.66. The molecule has 0 spiro atoms. The Hall–Kier alpha value is -1.47. The first-order valence-electron chi connectivity index (χ1n) is 5.66. The largest absolute Gasteiger partial charge is 0.417 e. The van der Waals surface area contributed by atoms with Crippen LogP contribution in [0.4, 0.5) is 13.2 Å². The first-order chi connectivity index (χ1) is 8.77. The molecule has 1 fully saturated rings. The van der Waals surface area contributed by atoms with Gasteiger partial charge in [0.2, 0.25) is 0 Å². The summed E-state index contributed by atoms with van der Waals surface area (Å²) in [5.74, 6) is -0.682. The number of Topliss-reactive ketones (excluding diaryl/α,β-unsaturated/α-hetero) is 1. The van der Waals surface area contributed by atoms with Crippen LogP contribution in [0.3, 0.4) is 0 Å². The lowest BCUT2D eigenvalue weighted by Crippen LogP contribution is -2.45. The molecular formula is C12H13F3N2O2. The van der Waals surface area contributed by atoms with Crippen molar-refractivity contribution in [3.8, 4) is 0 Å². The van der Waals surface area contributed by atoms with E-state index in [1.165, 1.54) is 6.92 Å². The monoisotopic (exact) mass is 274 g/mol. The zero-order valence-electron chi connectivity index (χ0n) is 10.2. The lowest BCUT2D eigenvalue weighted by Gasteiger charge is -2.26. The maximum Gasteiger partial charge on any atom is 0.417 e. The van der Waals surface area contributed by atoms with E-state index in [1.807, 2.05) is 0 Å². The van der Waals surface area contributed by atoms with Crippen molar-refractivity contribution in [2.45, 2.75) is 19.1 Å². The van der Waals surface area contributed by atoms with E-state index < -0.39 is 34.5 Å². The van der Waals surface area contributed by atoms with Gasteiger partial charge < -0.3 is 10.5 Å². The number of nitrogens with zero attached hydrogens (tertiary/aromatic N) is 1. The van der Waals surface area contributed by atoms with Gasteiger partial charge in [-0.2, -0.15) is 13.2 Å². The van der Waals surface area contributed by atoms with Crippen molar-refractivity contribution >= 4 is 5.78 Å². The van der Waals surface area contributed by atoms with E-state index in [4.69, 9.17) is 10.5 Å². The number of halogens is 3. The van der Waals surface area contributed by atoms with Crippen LogP contribution in [-0.2, 0) is 10.9 Å². The summed E-state index contributed by atoms with van der Waals surface area (Å²) in [6, 6.07) is 0.166. The third kappa shape index (κ3) is 2.35. The van der Waals surface area contributed by atoms with Crippen LogP contribution in [-0.4, -0.2) is 30.0 Å². The maximum absolute atomic E-state index is 12.9. The molecule has 2 unspecified atom stereocenters. The summed E-state index contributed by atoms with van der Waals surface area (Å²) in [4.78, 5) is 16.0. The molecule has 0 saturated carbocycles. The number of hydrogen-bond acceptors (Lipinski definition) is 4. The Morgan fingerprint density at radius 1 is 1.58 bits per heavy atom. The molecule has 2 heterocycles. The quantitative estimate of drug-likeness (QED) is 0.833. The average Bonchev–Trinajstić information content (AvgIpc) is 2.69. The van der Waals surface area contributed by atoms with Gasteiger partial charge in [-0.15, -0.1) is 0 Å². The highest BCUT2D eigenvalue weighted by Gasteiger charge is 2.47. The Morgan fingerprint density at radius 2 is 2.26 bits per heavy atom. The third-order valence-corrected chi connectivity index (χ3v) is 3.41. The van der Waals surface area contributed by atoms with Crippen LogP contribution in [0.1, 0.15) is 22.8 Å². The lowest BCUT2D eigenvalue weighted by molar-refractivity contribution is -0.138. The van der Waals surface area contributed by atoms with Gasteiger partial charge in [0.1, 0.15) is 0 Å².